The minimum Gasteiger partial charge on any atom is -0.489 e. The van der Waals surface area contributed by atoms with Crippen molar-refractivity contribution in [1.82, 2.24) is 0 Å². The number of nitrogens with zero attached hydrogens (tertiary/aromatic N) is 1. The predicted octanol–water partition coefficient (Wildman–Crippen LogP) is 4.97. The van der Waals surface area contributed by atoms with Gasteiger partial charge in [0, 0.05) is 6.07 Å². The van der Waals surface area contributed by atoms with Crippen molar-refractivity contribution >= 4 is 0 Å². The number of nitriles is 1. The van der Waals surface area contributed by atoms with E-state index in [1.165, 1.54) is 0 Å². The molecule has 0 amide bonds. The maximum absolute atomic E-state index is 9.36. The highest BCUT2D eigenvalue weighted by molar-refractivity contribution is 5.50. The highest BCUT2D eigenvalue weighted by Crippen LogP contribution is 2.34. The van der Waals surface area contributed by atoms with Crippen molar-refractivity contribution < 1.29 is 18.9 Å². The van der Waals surface area contributed by atoms with E-state index in [0.29, 0.717) is 29.4 Å². The highest BCUT2D eigenvalue weighted by Gasteiger charge is 2.14. The summed E-state index contributed by atoms with van der Waals surface area (Å²) in [5, 5.41) is 9.36. The van der Waals surface area contributed by atoms with Crippen LogP contribution >= 0.6 is 0 Å². The van der Waals surface area contributed by atoms with Gasteiger partial charge in [0.15, 0.2) is 11.5 Å². The lowest BCUT2D eigenvalue weighted by atomic mass is 10.2. The minimum atomic E-state index is 0.245. The Bertz CT molecular complexity index is 1020. The summed E-state index contributed by atoms with van der Waals surface area (Å²) in [6.45, 7) is 2.57. The maximum Gasteiger partial charge on any atom is 0.231 e. The number of benzene rings is 3. The number of rotatable bonds is 5. The standard InChI is InChI=1S/C22H17NO4/c1-15-4-2-3-5-19(15)27-21-11-18(8-7-17(21)12-23)24-13-16-6-9-20-22(10-16)26-14-25-20/h2-11H,13-14H2,1H3. The molecule has 0 aromatic heterocycles. The summed E-state index contributed by atoms with van der Waals surface area (Å²) in [6.07, 6.45) is 0. The van der Waals surface area contributed by atoms with Crippen LogP contribution in [0.2, 0.25) is 0 Å². The van der Waals surface area contributed by atoms with Crippen molar-refractivity contribution in [3.63, 3.8) is 0 Å². The van der Waals surface area contributed by atoms with Crippen molar-refractivity contribution in [2.45, 2.75) is 13.5 Å². The van der Waals surface area contributed by atoms with Gasteiger partial charge in [0.25, 0.3) is 0 Å². The molecule has 0 fully saturated rings. The van der Waals surface area contributed by atoms with Crippen LogP contribution in [0.5, 0.6) is 28.7 Å². The summed E-state index contributed by atoms with van der Waals surface area (Å²) in [5.41, 5.74) is 2.41. The molecule has 0 aliphatic carbocycles. The van der Waals surface area contributed by atoms with E-state index in [2.05, 4.69) is 6.07 Å². The van der Waals surface area contributed by atoms with E-state index in [1.54, 1.807) is 18.2 Å². The number of fused-ring (bicyclic) bond motifs is 1. The summed E-state index contributed by atoms with van der Waals surface area (Å²) >= 11 is 0. The zero-order chi connectivity index (χ0) is 18.6. The molecule has 4 rings (SSSR count). The van der Waals surface area contributed by atoms with E-state index in [9.17, 15) is 5.26 Å². The molecule has 5 heteroatoms. The highest BCUT2D eigenvalue weighted by atomic mass is 16.7. The Kier molecular flexibility index (Phi) is 4.54. The largest absolute Gasteiger partial charge is 0.489 e. The van der Waals surface area contributed by atoms with Crippen molar-refractivity contribution in [2.24, 2.45) is 0 Å². The van der Waals surface area contributed by atoms with Crippen LogP contribution in [-0.4, -0.2) is 6.79 Å². The fourth-order valence-electron chi connectivity index (χ4n) is 2.76. The van der Waals surface area contributed by atoms with E-state index >= 15 is 0 Å². The van der Waals surface area contributed by atoms with Crippen LogP contribution < -0.4 is 18.9 Å². The molecule has 0 bridgehead atoms. The molecule has 3 aromatic carbocycles. The Morgan fingerprint density at radius 1 is 0.963 bits per heavy atom. The minimum absolute atomic E-state index is 0.245. The second-order valence-electron chi connectivity index (χ2n) is 6.11. The van der Waals surface area contributed by atoms with Gasteiger partial charge in [-0.1, -0.05) is 24.3 Å². The van der Waals surface area contributed by atoms with Crippen LogP contribution in [-0.2, 0) is 6.61 Å². The lowest BCUT2D eigenvalue weighted by Gasteiger charge is -2.12. The first-order valence-corrected chi connectivity index (χ1v) is 8.52. The normalized spacial score (nSPS) is 11.7. The molecule has 0 atom stereocenters. The zero-order valence-electron chi connectivity index (χ0n) is 14.8. The number of para-hydroxylation sites is 1. The van der Waals surface area contributed by atoms with Crippen molar-refractivity contribution in [1.29, 1.82) is 5.26 Å². The van der Waals surface area contributed by atoms with E-state index in [1.807, 2.05) is 49.4 Å². The molecule has 27 heavy (non-hydrogen) atoms. The fourth-order valence-corrected chi connectivity index (χ4v) is 2.76. The summed E-state index contributed by atoms with van der Waals surface area (Å²) in [7, 11) is 0. The molecule has 3 aromatic rings. The molecule has 1 aliphatic heterocycles. The SMILES string of the molecule is Cc1ccccc1Oc1cc(OCc2ccc3c(c2)OCO3)ccc1C#N. The van der Waals surface area contributed by atoms with Crippen LogP contribution in [0.4, 0.5) is 0 Å². The van der Waals surface area contributed by atoms with Gasteiger partial charge in [0.2, 0.25) is 6.79 Å². The average Bonchev–Trinajstić information content (AvgIpc) is 3.16. The monoisotopic (exact) mass is 359 g/mol. The summed E-state index contributed by atoms with van der Waals surface area (Å²) in [5.74, 6) is 3.26. The lowest BCUT2D eigenvalue weighted by molar-refractivity contribution is 0.174. The van der Waals surface area contributed by atoms with Crippen molar-refractivity contribution in [2.75, 3.05) is 6.79 Å². The Labute approximate surface area is 157 Å². The van der Waals surface area contributed by atoms with Gasteiger partial charge >= 0.3 is 0 Å². The maximum atomic E-state index is 9.36. The number of hydrogen-bond acceptors (Lipinski definition) is 5. The third kappa shape index (κ3) is 3.65. The lowest BCUT2D eigenvalue weighted by Crippen LogP contribution is -1.97. The molecule has 134 valence electrons. The first-order chi connectivity index (χ1) is 13.2. The molecular formula is C22H17NO4. The fraction of sp³-hybridized carbons (Fsp3) is 0.136. The molecular weight excluding hydrogens is 342 g/mol. The first-order valence-electron chi connectivity index (χ1n) is 8.52. The van der Waals surface area contributed by atoms with Gasteiger partial charge in [0.05, 0.1) is 5.56 Å². The van der Waals surface area contributed by atoms with Gasteiger partial charge in [-0.05, 0) is 48.4 Å². The van der Waals surface area contributed by atoms with E-state index < -0.39 is 0 Å². The first kappa shape index (κ1) is 16.8. The molecule has 1 aliphatic rings. The second-order valence-corrected chi connectivity index (χ2v) is 6.11. The Balaban J connectivity index is 1.52. The van der Waals surface area contributed by atoms with Gasteiger partial charge < -0.3 is 18.9 Å². The van der Waals surface area contributed by atoms with E-state index in [4.69, 9.17) is 18.9 Å². The molecule has 0 radical (unpaired) electrons. The Hall–Kier alpha value is -3.65. The second kappa shape index (κ2) is 7.30. The van der Waals surface area contributed by atoms with E-state index in [-0.39, 0.29) is 6.79 Å². The van der Waals surface area contributed by atoms with Crippen LogP contribution in [0.15, 0.2) is 60.7 Å². The van der Waals surface area contributed by atoms with Gasteiger partial charge in [-0.3, -0.25) is 0 Å². The molecule has 0 unspecified atom stereocenters. The molecule has 5 nitrogen and oxygen atoms in total. The smallest absolute Gasteiger partial charge is 0.231 e. The van der Waals surface area contributed by atoms with Gasteiger partial charge in [0.1, 0.15) is 29.9 Å². The zero-order valence-corrected chi connectivity index (χ0v) is 14.8. The van der Waals surface area contributed by atoms with Crippen LogP contribution in [0.3, 0.4) is 0 Å². The number of aryl methyl sites for hydroxylation is 1. The van der Waals surface area contributed by atoms with Crippen LogP contribution in [0.25, 0.3) is 0 Å². The molecule has 0 N–H and O–H groups in total. The third-order valence-electron chi connectivity index (χ3n) is 4.23. The summed E-state index contributed by atoms with van der Waals surface area (Å²) in [4.78, 5) is 0. The average molecular weight is 359 g/mol. The van der Waals surface area contributed by atoms with Gasteiger partial charge in [-0.15, -0.1) is 0 Å². The Morgan fingerprint density at radius 3 is 2.67 bits per heavy atom. The van der Waals surface area contributed by atoms with Crippen molar-refractivity contribution in [3.05, 3.63) is 77.4 Å². The molecule has 0 saturated heterocycles. The molecule has 0 spiro atoms. The van der Waals surface area contributed by atoms with E-state index in [0.717, 1.165) is 22.6 Å². The number of ether oxygens (including phenoxy) is 4. The topological polar surface area (TPSA) is 60.7 Å². The predicted molar refractivity (Wildman–Crippen MR) is 99.3 cm³/mol. The molecule has 0 saturated carbocycles. The summed E-state index contributed by atoms with van der Waals surface area (Å²) in [6, 6.07) is 20.7. The van der Waals surface area contributed by atoms with Crippen LogP contribution in [0.1, 0.15) is 16.7 Å². The quantitative estimate of drug-likeness (QED) is 0.644. The van der Waals surface area contributed by atoms with Gasteiger partial charge in [-0.2, -0.15) is 5.26 Å². The third-order valence-corrected chi connectivity index (χ3v) is 4.23. The van der Waals surface area contributed by atoms with Crippen molar-refractivity contribution in [3.8, 4) is 34.8 Å². The molecule has 1 heterocycles. The Morgan fingerprint density at radius 2 is 1.81 bits per heavy atom. The summed E-state index contributed by atoms with van der Waals surface area (Å²) < 4.78 is 22.5. The van der Waals surface area contributed by atoms with Gasteiger partial charge in [-0.25, -0.2) is 0 Å². The van der Waals surface area contributed by atoms with Crippen LogP contribution in [0, 0.1) is 18.3 Å². The number of hydrogen-bond donors (Lipinski definition) is 0.